The van der Waals surface area contributed by atoms with Crippen molar-refractivity contribution in [3.05, 3.63) is 113 Å². The molecule has 1 heterocycles. The molecule has 0 aliphatic carbocycles. The van der Waals surface area contributed by atoms with Gasteiger partial charge in [0.05, 0.1) is 18.7 Å². The van der Waals surface area contributed by atoms with Crippen molar-refractivity contribution < 1.29 is 14.7 Å². The van der Waals surface area contributed by atoms with Crippen molar-refractivity contribution in [3.8, 4) is 0 Å². The van der Waals surface area contributed by atoms with Gasteiger partial charge in [0.15, 0.2) is 11.4 Å². The van der Waals surface area contributed by atoms with Crippen LogP contribution in [0.2, 0.25) is 0 Å². The lowest BCUT2D eigenvalue weighted by Gasteiger charge is -2.24. The molecular weight excluding hydrogens is 434 g/mol. The SMILES string of the molecule is Cc1ccc(C(C)C)cc1C(=O)C[C@@]1(O)C(=O)N(Cc2cccc3ccccc23)c2ccccc21. The van der Waals surface area contributed by atoms with Crippen LogP contribution in [-0.4, -0.2) is 16.8 Å². The molecule has 0 spiro atoms. The Labute approximate surface area is 205 Å². The molecule has 35 heavy (non-hydrogen) atoms. The maximum absolute atomic E-state index is 13.8. The molecule has 0 bridgehead atoms. The van der Waals surface area contributed by atoms with Crippen LogP contribution in [0.25, 0.3) is 10.8 Å². The highest BCUT2D eigenvalue weighted by Gasteiger charge is 2.50. The van der Waals surface area contributed by atoms with Gasteiger partial charge in [0.25, 0.3) is 5.91 Å². The quantitative estimate of drug-likeness (QED) is 0.343. The van der Waals surface area contributed by atoms with Gasteiger partial charge in [-0.1, -0.05) is 86.6 Å². The van der Waals surface area contributed by atoms with E-state index in [4.69, 9.17) is 0 Å². The van der Waals surface area contributed by atoms with Gasteiger partial charge in [-0.2, -0.15) is 0 Å². The Balaban J connectivity index is 1.52. The van der Waals surface area contributed by atoms with Gasteiger partial charge < -0.3 is 10.0 Å². The maximum atomic E-state index is 13.8. The number of aliphatic hydroxyl groups is 1. The number of para-hydroxylation sites is 1. The summed E-state index contributed by atoms with van der Waals surface area (Å²) in [6, 6.07) is 27.2. The average molecular weight is 464 g/mol. The van der Waals surface area contributed by atoms with Crippen LogP contribution in [0.15, 0.2) is 84.9 Å². The molecule has 1 N–H and O–H groups in total. The predicted molar refractivity (Wildman–Crippen MR) is 140 cm³/mol. The number of hydrogen-bond acceptors (Lipinski definition) is 3. The second-order valence-electron chi connectivity index (χ2n) is 9.74. The zero-order chi connectivity index (χ0) is 24.7. The molecule has 0 saturated carbocycles. The van der Waals surface area contributed by atoms with E-state index in [1.807, 2.05) is 79.7 Å². The summed E-state index contributed by atoms with van der Waals surface area (Å²) in [6.07, 6.45) is -0.294. The number of carbonyl (C=O) groups excluding carboxylic acids is 2. The summed E-state index contributed by atoms with van der Waals surface area (Å²) in [4.78, 5) is 28.9. The van der Waals surface area contributed by atoms with Crippen LogP contribution >= 0.6 is 0 Å². The molecule has 5 rings (SSSR count). The third-order valence-electron chi connectivity index (χ3n) is 7.09. The number of fused-ring (bicyclic) bond motifs is 2. The molecule has 1 aliphatic rings. The first-order valence-corrected chi connectivity index (χ1v) is 12.0. The first-order valence-electron chi connectivity index (χ1n) is 12.0. The number of rotatable bonds is 6. The Morgan fingerprint density at radius 3 is 2.46 bits per heavy atom. The Bertz CT molecular complexity index is 1450. The van der Waals surface area contributed by atoms with E-state index < -0.39 is 11.5 Å². The van der Waals surface area contributed by atoms with Crippen molar-refractivity contribution in [2.24, 2.45) is 0 Å². The highest BCUT2D eigenvalue weighted by Crippen LogP contribution is 2.44. The van der Waals surface area contributed by atoms with Gasteiger partial charge in [-0.3, -0.25) is 9.59 Å². The van der Waals surface area contributed by atoms with Crippen molar-refractivity contribution in [2.75, 3.05) is 4.90 Å². The van der Waals surface area contributed by atoms with E-state index >= 15 is 0 Å². The van der Waals surface area contributed by atoms with Gasteiger partial charge in [-0.05, 0) is 52.4 Å². The zero-order valence-corrected chi connectivity index (χ0v) is 20.3. The highest BCUT2D eigenvalue weighted by molar-refractivity contribution is 6.11. The maximum Gasteiger partial charge on any atom is 0.264 e. The zero-order valence-electron chi connectivity index (χ0n) is 20.3. The lowest BCUT2D eigenvalue weighted by Crippen LogP contribution is -2.41. The summed E-state index contributed by atoms with van der Waals surface area (Å²) >= 11 is 0. The van der Waals surface area contributed by atoms with Crippen LogP contribution in [0.5, 0.6) is 0 Å². The van der Waals surface area contributed by atoms with Gasteiger partial charge in [0, 0.05) is 11.1 Å². The number of amides is 1. The van der Waals surface area contributed by atoms with E-state index in [-0.39, 0.29) is 18.1 Å². The number of ketones is 1. The molecule has 4 heteroatoms. The first kappa shape index (κ1) is 23.0. The molecule has 1 aliphatic heterocycles. The predicted octanol–water partition coefficient (Wildman–Crippen LogP) is 6.28. The van der Waals surface area contributed by atoms with Gasteiger partial charge >= 0.3 is 0 Å². The molecule has 0 fully saturated rings. The molecule has 4 nitrogen and oxygen atoms in total. The van der Waals surface area contributed by atoms with Gasteiger partial charge in [0.2, 0.25) is 0 Å². The third-order valence-corrected chi connectivity index (χ3v) is 7.09. The number of carbonyl (C=O) groups is 2. The van der Waals surface area contributed by atoms with Gasteiger partial charge in [-0.15, -0.1) is 0 Å². The molecule has 0 unspecified atom stereocenters. The summed E-state index contributed by atoms with van der Waals surface area (Å²) < 4.78 is 0. The van der Waals surface area contributed by atoms with Crippen LogP contribution in [-0.2, 0) is 16.9 Å². The van der Waals surface area contributed by atoms with E-state index in [0.29, 0.717) is 23.4 Å². The Morgan fingerprint density at radius 1 is 0.943 bits per heavy atom. The number of Topliss-reactive ketones (excluding diaryl/α,β-unsaturated/α-hetero) is 1. The smallest absolute Gasteiger partial charge is 0.264 e. The monoisotopic (exact) mass is 463 g/mol. The summed E-state index contributed by atoms with van der Waals surface area (Å²) in [6.45, 7) is 6.36. The summed E-state index contributed by atoms with van der Waals surface area (Å²) in [7, 11) is 0. The van der Waals surface area contributed by atoms with Crippen molar-refractivity contribution in [2.45, 2.75) is 45.3 Å². The fourth-order valence-electron chi connectivity index (χ4n) is 5.06. The van der Waals surface area contributed by atoms with Crippen LogP contribution < -0.4 is 4.90 Å². The van der Waals surface area contributed by atoms with Crippen molar-refractivity contribution in [1.82, 2.24) is 0 Å². The summed E-state index contributed by atoms with van der Waals surface area (Å²) in [5.41, 5.74) is 2.67. The summed E-state index contributed by atoms with van der Waals surface area (Å²) in [5.74, 6) is -0.421. The second-order valence-corrected chi connectivity index (χ2v) is 9.74. The molecule has 4 aromatic carbocycles. The Kier molecular flexibility index (Phi) is 5.78. The largest absolute Gasteiger partial charge is 0.375 e. The van der Waals surface area contributed by atoms with Crippen LogP contribution in [0.1, 0.15) is 58.8 Å². The van der Waals surface area contributed by atoms with E-state index in [1.54, 1.807) is 17.0 Å². The second kappa shape index (κ2) is 8.79. The van der Waals surface area contributed by atoms with Crippen molar-refractivity contribution >= 4 is 28.2 Å². The molecular formula is C31H29NO3. The number of benzene rings is 4. The van der Waals surface area contributed by atoms with E-state index in [0.717, 1.165) is 27.5 Å². The minimum Gasteiger partial charge on any atom is -0.375 e. The topological polar surface area (TPSA) is 57.6 Å². The summed E-state index contributed by atoms with van der Waals surface area (Å²) in [5, 5.41) is 13.9. The van der Waals surface area contributed by atoms with Crippen LogP contribution in [0.4, 0.5) is 5.69 Å². The minimum absolute atomic E-state index is 0.234. The Morgan fingerprint density at radius 2 is 1.66 bits per heavy atom. The normalized spacial score (nSPS) is 17.3. The van der Waals surface area contributed by atoms with E-state index in [2.05, 4.69) is 13.8 Å². The van der Waals surface area contributed by atoms with E-state index in [1.165, 1.54) is 0 Å². The van der Waals surface area contributed by atoms with Gasteiger partial charge in [-0.25, -0.2) is 0 Å². The standard InChI is InChI=1S/C31H29NO3/c1-20(2)23-16-15-21(3)26(17-23)29(33)18-31(35)27-13-6-7-14-28(27)32(30(31)34)19-24-11-8-10-22-9-4-5-12-25(22)24/h4-17,20,35H,18-19H2,1-3H3/t31-/m0/s1. The average Bonchev–Trinajstić information content (AvgIpc) is 3.06. The minimum atomic E-state index is -1.90. The van der Waals surface area contributed by atoms with Crippen molar-refractivity contribution in [1.29, 1.82) is 0 Å². The molecule has 0 radical (unpaired) electrons. The molecule has 176 valence electrons. The third kappa shape index (κ3) is 3.94. The Hall–Kier alpha value is -3.76. The van der Waals surface area contributed by atoms with Crippen molar-refractivity contribution in [3.63, 3.8) is 0 Å². The number of anilines is 1. The molecule has 1 atom stereocenters. The van der Waals surface area contributed by atoms with Crippen LogP contribution in [0, 0.1) is 6.92 Å². The molecule has 1 amide bonds. The number of nitrogens with zero attached hydrogens (tertiary/aromatic N) is 1. The van der Waals surface area contributed by atoms with Gasteiger partial charge in [0.1, 0.15) is 0 Å². The fraction of sp³-hybridized carbons (Fsp3) is 0.226. The molecule has 0 saturated heterocycles. The fourth-order valence-corrected chi connectivity index (χ4v) is 5.06. The van der Waals surface area contributed by atoms with E-state index in [9.17, 15) is 14.7 Å². The highest BCUT2D eigenvalue weighted by atomic mass is 16.3. The lowest BCUT2D eigenvalue weighted by molar-refractivity contribution is -0.136. The molecule has 4 aromatic rings. The lowest BCUT2D eigenvalue weighted by atomic mass is 9.86. The molecule has 0 aromatic heterocycles. The van der Waals surface area contributed by atoms with Crippen LogP contribution in [0.3, 0.4) is 0 Å². The number of aryl methyl sites for hydroxylation is 1. The number of hydrogen-bond donors (Lipinski definition) is 1. The first-order chi connectivity index (χ1) is 16.8.